The van der Waals surface area contributed by atoms with Gasteiger partial charge in [0.1, 0.15) is 11.5 Å². The lowest BCUT2D eigenvalue weighted by Crippen LogP contribution is -2.50. The van der Waals surface area contributed by atoms with Crippen LogP contribution in [0.15, 0.2) is 84.9 Å². The van der Waals surface area contributed by atoms with Crippen molar-refractivity contribution in [1.29, 1.82) is 0 Å². The lowest BCUT2D eigenvalue weighted by molar-refractivity contribution is 0.0695. The van der Waals surface area contributed by atoms with Gasteiger partial charge in [-0.15, -0.1) is 0 Å². The van der Waals surface area contributed by atoms with Gasteiger partial charge in [-0.2, -0.15) is 4.31 Å². The van der Waals surface area contributed by atoms with Crippen molar-refractivity contribution in [2.75, 3.05) is 26.2 Å². The number of piperazine rings is 1. The number of hydrogen-bond acceptors (Lipinski definition) is 4. The molecule has 3 aromatic carbocycles. The summed E-state index contributed by atoms with van der Waals surface area (Å²) in [6, 6.07) is 25.6. The Hall–Kier alpha value is -3.16. The average Bonchev–Trinajstić information content (AvgIpc) is 2.80. The van der Waals surface area contributed by atoms with E-state index in [9.17, 15) is 13.2 Å². The Morgan fingerprint density at radius 3 is 2.03 bits per heavy atom. The quantitative estimate of drug-likeness (QED) is 0.590. The van der Waals surface area contributed by atoms with Crippen LogP contribution in [0.3, 0.4) is 0 Å². The Bertz CT molecular complexity index is 1130. The lowest BCUT2D eigenvalue weighted by Gasteiger charge is -2.34. The van der Waals surface area contributed by atoms with Crippen LogP contribution >= 0.6 is 0 Å². The van der Waals surface area contributed by atoms with Crippen molar-refractivity contribution in [1.82, 2.24) is 9.21 Å². The molecule has 0 atom stereocenters. The first-order chi connectivity index (χ1) is 15.0. The highest BCUT2D eigenvalue weighted by Crippen LogP contribution is 2.26. The van der Waals surface area contributed by atoms with Crippen molar-refractivity contribution in [2.24, 2.45) is 0 Å². The van der Waals surface area contributed by atoms with Gasteiger partial charge in [-0.3, -0.25) is 4.79 Å². The summed E-state index contributed by atoms with van der Waals surface area (Å²) in [5, 5.41) is 0. The number of rotatable bonds is 6. The molecule has 0 aromatic heterocycles. The van der Waals surface area contributed by atoms with Gasteiger partial charge in [-0.25, -0.2) is 8.42 Å². The molecular formula is C24H24N2O4S. The number of amides is 1. The molecule has 7 heteroatoms. The van der Waals surface area contributed by atoms with Gasteiger partial charge in [-0.1, -0.05) is 60.7 Å². The number of sulfonamides is 1. The van der Waals surface area contributed by atoms with Crippen molar-refractivity contribution in [2.45, 2.75) is 5.75 Å². The van der Waals surface area contributed by atoms with Gasteiger partial charge in [0, 0.05) is 26.2 Å². The Balaban J connectivity index is 1.42. The Morgan fingerprint density at radius 1 is 0.774 bits per heavy atom. The van der Waals surface area contributed by atoms with Crippen molar-refractivity contribution in [3.05, 3.63) is 96.1 Å². The van der Waals surface area contributed by atoms with Gasteiger partial charge in [-0.05, 0) is 29.8 Å². The number of benzene rings is 3. The highest BCUT2D eigenvalue weighted by molar-refractivity contribution is 7.88. The summed E-state index contributed by atoms with van der Waals surface area (Å²) < 4.78 is 32.9. The zero-order valence-corrected chi connectivity index (χ0v) is 17.9. The maximum absolute atomic E-state index is 13.1. The van der Waals surface area contributed by atoms with E-state index in [0.717, 1.165) is 5.56 Å². The van der Waals surface area contributed by atoms with E-state index in [-0.39, 0.29) is 24.7 Å². The van der Waals surface area contributed by atoms with Gasteiger partial charge in [0.15, 0.2) is 0 Å². The molecule has 0 radical (unpaired) electrons. The molecule has 1 aliphatic rings. The fraction of sp³-hybridized carbons (Fsp3) is 0.208. The van der Waals surface area contributed by atoms with E-state index in [1.54, 1.807) is 35.2 Å². The smallest absolute Gasteiger partial charge is 0.257 e. The molecule has 0 saturated carbocycles. The summed E-state index contributed by atoms with van der Waals surface area (Å²) in [6.45, 7) is 1.24. The third kappa shape index (κ3) is 5.13. The van der Waals surface area contributed by atoms with Crippen LogP contribution in [-0.4, -0.2) is 49.7 Å². The predicted octanol–water partition coefficient (Wildman–Crippen LogP) is 3.77. The van der Waals surface area contributed by atoms with Gasteiger partial charge in [0.25, 0.3) is 5.91 Å². The fourth-order valence-electron chi connectivity index (χ4n) is 3.56. The lowest BCUT2D eigenvalue weighted by atomic mass is 10.1. The van der Waals surface area contributed by atoms with E-state index in [1.807, 2.05) is 54.6 Å². The minimum Gasteiger partial charge on any atom is -0.457 e. The molecule has 31 heavy (non-hydrogen) atoms. The number of carbonyl (C=O) groups excluding carboxylic acids is 1. The number of ether oxygens (including phenoxy) is 1. The van der Waals surface area contributed by atoms with Crippen LogP contribution in [-0.2, 0) is 15.8 Å². The first-order valence-corrected chi connectivity index (χ1v) is 11.8. The Morgan fingerprint density at radius 2 is 1.35 bits per heavy atom. The fourth-order valence-corrected chi connectivity index (χ4v) is 5.08. The largest absolute Gasteiger partial charge is 0.457 e. The first-order valence-electron chi connectivity index (χ1n) is 10.2. The summed E-state index contributed by atoms with van der Waals surface area (Å²) in [7, 11) is -3.43. The van der Waals surface area contributed by atoms with Gasteiger partial charge < -0.3 is 9.64 Å². The van der Waals surface area contributed by atoms with E-state index in [4.69, 9.17) is 4.74 Å². The van der Waals surface area contributed by atoms with E-state index in [2.05, 4.69) is 0 Å². The van der Waals surface area contributed by atoms with E-state index < -0.39 is 10.0 Å². The molecule has 1 heterocycles. The molecule has 1 fully saturated rings. The molecular weight excluding hydrogens is 412 g/mol. The second-order valence-corrected chi connectivity index (χ2v) is 9.31. The van der Waals surface area contributed by atoms with E-state index >= 15 is 0 Å². The summed E-state index contributed by atoms with van der Waals surface area (Å²) in [4.78, 5) is 14.8. The molecule has 0 spiro atoms. The topological polar surface area (TPSA) is 66.9 Å². The molecule has 4 rings (SSSR count). The second kappa shape index (κ2) is 9.32. The summed E-state index contributed by atoms with van der Waals surface area (Å²) in [5.74, 6) is 0.944. The van der Waals surface area contributed by atoms with Gasteiger partial charge in [0.05, 0.1) is 11.3 Å². The molecule has 3 aromatic rings. The average molecular weight is 437 g/mol. The zero-order chi connectivity index (χ0) is 21.7. The van der Waals surface area contributed by atoms with Gasteiger partial charge in [0.2, 0.25) is 10.0 Å². The van der Waals surface area contributed by atoms with Crippen LogP contribution in [0.25, 0.3) is 0 Å². The van der Waals surface area contributed by atoms with Crippen molar-refractivity contribution in [3.63, 3.8) is 0 Å². The zero-order valence-electron chi connectivity index (χ0n) is 17.1. The number of para-hydroxylation sites is 2. The highest BCUT2D eigenvalue weighted by Gasteiger charge is 2.30. The molecule has 160 valence electrons. The van der Waals surface area contributed by atoms with Crippen LogP contribution in [0, 0.1) is 0 Å². The third-order valence-corrected chi connectivity index (χ3v) is 7.05. The van der Waals surface area contributed by atoms with Crippen LogP contribution in [0.5, 0.6) is 11.5 Å². The first kappa shape index (κ1) is 21.1. The maximum Gasteiger partial charge on any atom is 0.257 e. The monoisotopic (exact) mass is 436 g/mol. The van der Waals surface area contributed by atoms with Crippen LogP contribution in [0.4, 0.5) is 0 Å². The Kier molecular flexibility index (Phi) is 6.34. The highest BCUT2D eigenvalue weighted by atomic mass is 32.2. The molecule has 1 amide bonds. The van der Waals surface area contributed by atoms with E-state index in [1.165, 1.54) is 4.31 Å². The van der Waals surface area contributed by atoms with Gasteiger partial charge >= 0.3 is 0 Å². The molecule has 0 aliphatic carbocycles. The number of carbonyl (C=O) groups is 1. The molecule has 6 nitrogen and oxygen atoms in total. The van der Waals surface area contributed by atoms with Crippen molar-refractivity contribution < 1.29 is 17.9 Å². The minimum absolute atomic E-state index is 0.0322. The van der Waals surface area contributed by atoms with Crippen molar-refractivity contribution in [3.8, 4) is 11.5 Å². The maximum atomic E-state index is 13.1. The molecule has 1 aliphatic heterocycles. The summed E-state index contributed by atoms with van der Waals surface area (Å²) in [5.41, 5.74) is 1.22. The second-order valence-electron chi connectivity index (χ2n) is 7.34. The molecule has 0 N–H and O–H groups in total. The SMILES string of the molecule is O=C(c1ccccc1Oc1ccccc1)N1CCN(S(=O)(=O)Cc2ccccc2)CC1. The van der Waals surface area contributed by atoms with Crippen LogP contribution < -0.4 is 4.74 Å². The minimum atomic E-state index is -3.43. The molecule has 0 unspecified atom stereocenters. The molecule has 0 bridgehead atoms. The molecule has 1 saturated heterocycles. The normalized spacial score (nSPS) is 14.9. The number of nitrogens with zero attached hydrogens (tertiary/aromatic N) is 2. The third-order valence-electron chi connectivity index (χ3n) is 5.20. The van der Waals surface area contributed by atoms with E-state index in [0.29, 0.717) is 30.2 Å². The van der Waals surface area contributed by atoms with Crippen LogP contribution in [0.2, 0.25) is 0 Å². The summed E-state index contributed by atoms with van der Waals surface area (Å²) >= 11 is 0. The Labute approximate surface area is 182 Å². The number of hydrogen-bond donors (Lipinski definition) is 0. The predicted molar refractivity (Wildman–Crippen MR) is 120 cm³/mol. The standard InChI is InChI=1S/C24H24N2O4S/c27-24(22-13-7-8-14-23(22)30-21-11-5-2-6-12-21)25-15-17-26(18-16-25)31(28,29)19-20-9-3-1-4-10-20/h1-14H,15-19H2. The summed E-state index contributed by atoms with van der Waals surface area (Å²) in [6.07, 6.45) is 0. The van der Waals surface area contributed by atoms with Crippen molar-refractivity contribution >= 4 is 15.9 Å². The van der Waals surface area contributed by atoms with Crippen LogP contribution in [0.1, 0.15) is 15.9 Å².